The zero-order valence-corrected chi connectivity index (χ0v) is 9.62. The molecule has 3 N–H and O–H groups in total. The molecule has 3 heteroatoms. The lowest BCUT2D eigenvalue weighted by Gasteiger charge is -2.39. The van der Waals surface area contributed by atoms with Crippen LogP contribution in [0.15, 0.2) is 0 Å². The first-order chi connectivity index (χ1) is 6.22. The predicted octanol–water partition coefficient (Wildman–Crippen LogP) is 1.60. The van der Waals surface area contributed by atoms with E-state index in [1.54, 1.807) is 0 Å². The Labute approximate surface area is 86.0 Å². The largest absolute Gasteiger partial charge is 0.329 e. The van der Waals surface area contributed by atoms with Crippen molar-refractivity contribution < 1.29 is 0 Å². The molecule has 2 unspecified atom stereocenters. The smallest absolute Gasteiger partial charge is 0.0397 e. The van der Waals surface area contributed by atoms with Gasteiger partial charge >= 0.3 is 0 Å². The van der Waals surface area contributed by atoms with E-state index in [-0.39, 0.29) is 5.54 Å². The predicted molar refractivity (Wildman–Crippen MR) is 61.2 cm³/mol. The average Bonchev–Trinajstić information content (AvgIpc) is 2.19. The molecular weight excluding hydrogens is 180 g/mol. The molecule has 0 radical (unpaired) electrons. The Morgan fingerprint density at radius 3 is 2.85 bits per heavy atom. The second kappa shape index (κ2) is 5.23. The molecule has 13 heavy (non-hydrogen) atoms. The Hall–Kier alpha value is 0.270. The Morgan fingerprint density at radius 1 is 1.62 bits per heavy atom. The van der Waals surface area contributed by atoms with E-state index in [0.717, 1.165) is 6.54 Å². The van der Waals surface area contributed by atoms with Crippen LogP contribution in [-0.2, 0) is 0 Å². The van der Waals surface area contributed by atoms with Crippen LogP contribution < -0.4 is 11.1 Å². The van der Waals surface area contributed by atoms with Gasteiger partial charge in [-0.3, -0.25) is 0 Å². The first-order valence-corrected chi connectivity index (χ1v) is 6.43. The molecule has 2 nitrogen and oxygen atoms in total. The van der Waals surface area contributed by atoms with Gasteiger partial charge in [0.2, 0.25) is 0 Å². The van der Waals surface area contributed by atoms with Gasteiger partial charge in [-0.15, -0.1) is 0 Å². The maximum absolute atomic E-state index is 5.87. The van der Waals surface area contributed by atoms with Crippen LogP contribution in [0, 0.1) is 0 Å². The van der Waals surface area contributed by atoms with Crippen LogP contribution in [0.4, 0.5) is 0 Å². The molecule has 0 aliphatic carbocycles. The molecule has 78 valence electrons. The van der Waals surface area contributed by atoms with Gasteiger partial charge in [-0.1, -0.05) is 6.92 Å². The van der Waals surface area contributed by atoms with Crippen LogP contribution in [0.2, 0.25) is 0 Å². The summed E-state index contributed by atoms with van der Waals surface area (Å²) < 4.78 is 0. The zero-order chi connectivity index (χ0) is 9.73. The van der Waals surface area contributed by atoms with Crippen molar-refractivity contribution in [2.45, 2.75) is 44.7 Å². The van der Waals surface area contributed by atoms with Crippen LogP contribution in [0.5, 0.6) is 0 Å². The van der Waals surface area contributed by atoms with Crippen molar-refractivity contribution in [3.05, 3.63) is 0 Å². The summed E-state index contributed by atoms with van der Waals surface area (Å²) in [7, 11) is 0. The third-order valence-electron chi connectivity index (χ3n) is 2.88. The quantitative estimate of drug-likeness (QED) is 0.727. The Morgan fingerprint density at radius 2 is 2.38 bits per heavy atom. The van der Waals surface area contributed by atoms with Gasteiger partial charge in [0.05, 0.1) is 0 Å². The van der Waals surface area contributed by atoms with Gasteiger partial charge in [0.15, 0.2) is 0 Å². The Bertz CT molecular complexity index is 144. The minimum Gasteiger partial charge on any atom is -0.329 e. The van der Waals surface area contributed by atoms with Crippen LogP contribution in [0.1, 0.15) is 33.1 Å². The van der Waals surface area contributed by atoms with Gasteiger partial charge in [-0.2, -0.15) is 11.8 Å². The first kappa shape index (κ1) is 11.3. The topological polar surface area (TPSA) is 38.0 Å². The molecule has 1 saturated heterocycles. The summed E-state index contributed by atoms with van der Waals surface area (Å²) in [6, 6.07) is 0.599. The van der Waals surface area contributed by atoms with Crippen LogP contribution >= 0.6 is 11.8 Å². The highest BCUT2D eigenvalue weighted by Gasteiger charge is 2.31. The van der Waals surface area contributed by atoms with Gasteiger partial charge in [-0.05, 0) is 31.9 Å². The van der Waals surface area contributed by atoms with E-state index in [4.69, 9.17) is 5.73 Å². The summed E-state index contributed by atoms with van der Waals surface area (Å²) in [4.78, 5) is 0. The number of thioether (sulfide) groups is 1. The number of nitrogens with one attached hydrogen (secondary N) is 1. The molecule has 0 aromatic carbocycles. The molecule has 0 saturated carbocycles. The van der Waals surface area contributed by atoms with E-state index in [2.05, 4.69) is 19.2 Å². The van der Waals surface area contributed by atoms with Crippen LogP contribution in [-0.4, -0.2) is 29.6 Å². The first-order valence-electron chi connectivity index (χ1n) is 5.28. The number of nitrogens with two attached hydrogens (primary N) is 1. The van der Waals surface area contributed by atoms with E-state index in [1.807, 2.05) is 11.8 Å². The third kappa shape index (κ3) is 3.15. The van der Waals surface area contributed by atoms with Crippen molar-refractivity contribution in [3.63, 3.8) is 0 Å². The van der Waals surface area contributed by atoms with Crippen molar-refractivity contribution >= 4 is 11.8 Å². The lowest BCUT2D eigenvalue weighted by molar-refractivity contribution is 0.299. The monoisotopic (exact) mass is 202 g/mol. The SMILES string of the molecule is CCC(C)NC1(CN)CCCSC1. The molecule has 1 heterocycles. The van der Waals surface area contributed by atoms with Crippen molar-refractivity contribution in [1.29, 1.82) is 0 Å². The average molecular weight is 202 g/mol. The molecule has 0 bridgehead atoms. The zero-order valence-electron chi connectivity index (χ0n) is 8.81. The Balaban J connectivity index is 2.47. The molecular formula is C10H22N2S. The summed E-state index contributed by atoms with van der Waals surface area (Å²) in [5.74, 6) is 2.50. The highest BCUT2D eigenvalue weighted by molar-refractivity contribution is 7.99. The Kier molecular flexibility index (Phi) is 4.56. The molecule has 0 spiro atoms. The van der Waals surface area contributed by atoms with Crippen LogP contribution in [0.3, 0.4) is 0 Å². The maximum atomic E-state index is 5.87. The van der Waals surface area contributed by atoms with E-state index < -0.39 is 0 Å². The number of rotatable bonds is 4. The summed E-state index contributed by atoms with van der Waals surface area (Å²) >= 11 is 2.04. The van der Waals surface area contributed by atoms with Crippen LogP contribution in [0.25, 0.3) is 0 Å². The molecule has 2 atom stereocenters. The molecule has 1 aliphatic rings. The highest BCUT2D eigenvalue weighted by atomic mass is 32.2. The number of hydrogen-bond acceptors (Lipinski definition) is 3. The molecule has 1 fully saturated rings. The minimum atomic E-state index is 0.234. The molecule has 0 amide bonds. The summed E-state index contributed by atoms with van der Waals surface area (Å²) in [6.45, 7) is 5.25. The summed E-state index contributed by atoms with van der Waals surface area (Å²) in [5, 5.41) is 3.69. The maximum Gasteiger partial charge on any atom is 0.0397 e. The lowest BCUT2D eigenvalue weighted by atomic mass is 9.94. The van der Waals surface area contributed by atoms with Gasteiger partial charge in [-0.25, -0.2) is 0 Å². The standard InChI is InChI=1S/C10H22N2S/c1-3-9(2)12-10(7-11)5-4-6-13-8-10/h9,12H,3-8,11H2,1-2H3. The van der Waals surface area contributed by atoms with Crippen molar-refractivity contribution in [3.8, 4) is 0 Å². The van der Waals surface area contributed by atoms with Crippen molar-refractivity contribution in [1.82, 2.24) is 5.32 Å². The third-order valence-corrected chi connectivity index (χ3v) is 4.21. The molecule has 0 aromatic heterocycles. The van der Waals surface area contributed by atoms with Gasteiger partial charge in [0.1, 0.15) is 0 Å². The molecule has 0 aromatic rings. The molecule has 1 rings (SSSR count). The number of hydrogen-bond donors (Lipinski definition) is 2. The van der Waals surface area contributed by atoms with Gasteiger partial charge in [0, 0.05) is 23.9 Å². The fraction of sp³-hybridized carbons (Fsp3) is 1.00. The fourth-order valence-electron chi connectivity index (χ4n) is 1.81. The molecule has 1 aliphatic heterocycles. The second-order valence-corrected chi connectivity index (χ2v) is 5.20. The van der Waals surface area contributed by atoms with E-state index in [9.17, 15) is 0 Å². The van der Waals surface area contributed by atoms with E-state index in [1.165, 1.54) is 30.8 Å². The van der Waals surface area contributed by atoms with Crippen molar-refractivity contribution in [2.24, 2.45) is 5.73 Å². The van der Waals surface area contributed by atoms with Crippen molar-refractivity contribution in [2.75, 3.05) is 18.1 Å². The van der Waals surface area contributed by atoms with Gasteiger partial charge in [0.25, 0.3) is 0 Å². The minimum absolute atomic E-state index is 0.234. The highest BCUT2D eigenvalue weighted by Crippen LogP contribution is 2.26. The van der Waals surface area contributed by atoms with E-state index >= 15 is 0 Å². The van der Waals surface area contributed by atoms with E-state index in [0.29, 0.717) is 6.04 Å². The normalized spacial score (nSPS) is 31.6. The second-order valence-electron chi connectivity index (χ2n) is 4.09. The van der Waals surface area contributed by atoms with Gasteiger partial charge < -0.3 is 11.1 Å². The summed E-state index contributed by atoms with van der Waals surface area (Å²) in [6.07, 6.45) is 3.75. The lowest BCUT2D eigenvalue weighted by Crippen LogP contribution is -2.57. The fourth-order valence-corrected chi connectivity index (χ4v) is 3.04. The summed E-state index contributed by atoms with van der Waals surface area (Å²) in [5.41, 5.74) is 6.10.